The van der Waals surface area contributed by atoms with E-state index in [1.165, 1.54) is 186 Å². The van der Waals surface area contributed by atoms with Crippen molar-refractivity contribution in [3.05, 3.63) is 72.9 Å². The van der Waals surface area contributed by atoms with Gasteiger partial charge in [0.2, 0.25) is 5.91 Å². The lowest BCUT2D eigenvalue weighted by atomic mass is 10.0. The van der Waals surface area contributed by atoms with Crippen molar-refractivity contribution < 1.29 is 15.0 Å². The highest BCUT2D eigenvalue weighted by Crippen LogP contribution is 2.17. The molecule has 0 aromatic rings. The van der Waals surface area contributed by atoms with Crippen molar-refractivity contribution in [2.45, 2.75) is 302 Å². The van der Waals surface area contributed by atoms with Crippen LogP contribution in [0.15, 0.2) is 72.9 Å². The predicted molar refractivity (Wildman–Crippen MR) is 290 cm³/mol. The fourth-order valence-corrected chi connectivity index (χ4v) is 8.66. The molecule has 2 atom stereocenters. The number of nitrogens with one attached hydrogen (secondary N) is 1. The summed E-state index contributed by atoms with van der Waals surface area (Å²) in [7, 11) is 0. The third-order valence-corrected chi connectivity index (χ3v) is 13.0. The van der Waals surface area contributed by atoms with Crippen molar-refractivity contribution in [2.24, 2.45) is 0 Å². The molecule has 0 fully saturated rings. The van der Waals surface area contributed by atoms with Gasteiger partial charge in [-0.3, -0.25) is 4.79 Å². The Labute approximate surface area is 406 Å². The van der Waals surface area contributed by atoms with E-state index in [1.807, 2.05) is 0 Å². The summed E-state index contributed by atoms with van der Waals surface area (Å²) in [5.74, 6) is -0.0452. The molecule has 2 unspecified atom stereocenters. The van der Waals surface area contributed by atoms with E-state index in [9.17, 15) is 15.0 Å². The lowest BCUT2D eigenvalue weighted by Gasteiger charge is -2.22. The standard InChI is InChI=1S/C61H111NO3/c1-3-5-7-9-11-13-15-17-19-21-23-25-27-29-30-31-33-34-36-38-40-42-44-46-48-50-52-54-56-60(64)59(58-63)62-61(65)57-55-53-51-49-47-45-43-41-39-37-35-32-28-26-24-22-20-18-16-14-12-10-8-6-4-2/h6,8,12,14,18,20,24,26,32,35,39,41,59-60,63-64H,3-5,7,9-11,13,15-17,19,21-23,25,27-31,33-34,36-38,40,42-58H2,1-2H3,(H,62,65)/b8-6-,14-12-,20-18-,26-24-,35-32-,41-39-. The first-order valence-corrected chi connectivity index (χ1v) is 28.6. The van der Waals surface area contributed by atoms with E-state index >= 15 is 0 Å². The van der Waals surface area contributed by atoms with Gasteiger partial charge in [-0.1, -0.05) is 292 Å². The van der Waals surface area contributed by atoms with Gasteiger partial charge in [0.15, 0.2) is 0 Å². The molecule has 378 valence electrons. The third kappa shape index (κ3) is 52.7. The second-order valence-corrected chi connectivity index (χ2v) is 19.3. The first-order valence-electron chi connectivity index (χ1n) is 28.6. The lowest BCUT2D eigenvalue weighted by Crippen LogP contribution is -2.45. The maximum Gasteiger partial charge on any atom is 0.220 e. The number of aliphatic hydroxyl groups excluding tert-OH is 2. The first kappa shape index (κ1) is 62.8. The van der Waals surface area contributed by atoms with E-state index in [4.69, 9.17) is 0 Å². The van der Waals surface area contributed by atoms with Gasteiger partial charge >= 0.3 is 0 Å². The number of aliphatic hydroxyl groups is 2. The van der Waals surface area contributed by atoms with Crippen LogP contribution in [0.5, 0.6) is 0 Å². The summed E-state index contributed by atoms with van der Waals surface area (Å²) >= 11 is 0. The molecule has 0 aliphatic carbocycles. The summed E-state index contributed by atoms with van der Waals surface area (Å²) in [4.78, 5) is 12.5. The topological polar surface area (TPSA) is 69.6 Å². The van der Waals surface area contributed by atoms with E-state index < -0.39 is 12.1 Å². The summed E-state index contributed by atoms with van der Waals surface area (Å²) in [6.45, 7) is 4.26. The Kier molecular flexibility index (Phi) is 54.3. The minimum absolute atomic E-state index is 0.0452. The van der Waals surface area contributed by atoms with Crippen LogP contribution in [0.1, 0.15) is 290 Å². The molecule has 0 radical (unpaired) electrons. The monoisotopic (exact) mass is 906 g/mol. The fraction of sp³-hybridized carbons (Fsp3) is 0.787. The van der Waals surface area contributed by atoms with Crippen LogP contribution in [0, 0.1) is 0 Å². The predicted octanol–water partition coefficient (Wildman–Crippen LogP) is 19.0. The van der Waals surface area contributed by atoms with Crippen molar-refractivity contribution in [2.75, 3.05) is 6.61 Å². The first-order chi connectivity index (χ1) is 32.2. The van der Waals surface area contributed by atoms with E-state index in [2.05, 4.69) is 92.1 Å². The molecule has 4 heteroatoms. The second kappa shape index (κ2) is 56.2. The van der Waals surface area contributed by atoms with Gasteiger partial charge in [0, 0.05) is 6.42 Å². The van der Waals surface area contributed by atoms with Gasteiger partial charge in [-0.25, -0.2) is 0 Å². The van der Waals surface area contributed by atoms with Gasteiger partial charge in [0.1, 0.15) is 0 Å². The lowest BCUT2D eigenvalue weighted by molar-refractivity contribution is -0.123. The van der Waals surface area contributed by atoms with Crippen LogP contribution in [-0.2, 0) is 4.79 Å². The highest BCUT2D eigenvalue weighted by Gasteiger charge is 2.20. The number of amides is 1. The summed E-state index contributed by atoms with van der Waals surface area (Å²) in [5.41, 5.74) is 0. The van der Waals surface area contributed by atoms with Gasteiger partial charge in [-0.15, -0.1) is 0 Å². The van der Waals surface area contributed by atoms with Crippen LogP contribution in [-0.4, -0.2) is 34.9 Å². The van der Waals surface area contributed by atoms with Crippen molar-refractivity contribution >= 4 is 5.91 Å². The van der Waals surface area contributed by atoms with E-state index in [0.717, 1.165) is 77.0 Å². The fourth-order valence-electron chi connectivity index (χ4n) is 8.66. The Morgan fingerprint density at radius 2 is 0.677 bits per heavy atom. The molecule has 0 bridgehead atoms. The Morgan fingerprint density at radius 1 is 0.385 bits per heavy atom. The van der Waals surface area contributed by atoms with Crippen molar-refractivity contribution in [3.63, 3.8) is 0 Å². The maximum atomic E-state index is 12.5. The minimum Gasteiger partial charge on any atom is -0.394 e. The molecule has 0 aliphatic rings. The van der Waals surface area contributed by atoms with E-state index in [0.29, 0.717) is 12.8 Å². The normalized spacial score (nSPS) is 13.4. The van der Waals surface area contributed by atoms with Gasteiger partial charge in [-0.2, -0.15) is 0 Å². The molecular formula is C61H111NO3. The average molecular weight is 907 g/mol. The quantitative estimate of drug-likeness (QED) is 0.0421. The molecule has 65 heavy (non-hydrogen) atoms. The zero-order valence-corrected chi connectivity index (χ0v) is 43.5. The zero-order chi connectivity index (χ0) is 47.0. The van der Waals surface area contributed by atoms with Crippen LogP contribution >= 0.6 is 0 Å². The number of carbonyl (C=O) groups is 1. The molecule has 0 rings (SSSR count). The molecule has 0 heterocycles. The number of hydrogen-bond acceptors (Lipinski definition) is 3. The van der Waals surface area contributed by atoms with Crippen molar-refractivity contribution in [1.29, 1.82) is 0 Å². The molecular weight excluding hydrogens is 795 g/mol. The SMILES string of the molecule is CC/C=C\C/C=C\C/C=C\C/C=C\C/C=C\C/C=C\CCCCCCCCC(=O)NC(CO)C(O)CCCCCCCCCCCCCCCCCCCCCCCCCCCCCC. The number of allylic oxidation sites excluding steroid dienone is 12. The number of carbonyl (C=O) groups excluding carboxylic acids is 1. The summed E-state index contributed by atoms with van der Waals surface area (Å²) in [6, 6.07) is -0.551. The van der Waals surface area contributed by atoms with Crippen LogP contribution in [0.3, 0.4) is 0 Å². The Hall–Kier alpha value is -2.17. The summed E-state index contributed by atoms with van der Waals surface area (Å²) < 4.78 is 0. The van der Waals surface area contributed by atoms with Gasteiger partial charge in [-0.05, 0) is 64.2 Å². The number of rotatable bonds is 52. The molecule has 0 aliphatic heterocycles. The molecule has 0 spiro atoms. The second-order valence-electron chi connectivity index (χ2n) is 19.3. The van der Waals surface area contributed by atoms with Gasteiger partial charge < -0.3 is 15.5 Å². The Balaban J connectivity index is 3.51. The molecule has 0 aromatic heterocycles. The van der Waals surface area contributed by atoms with Gasteiger partial charge in [0.05, 0.1) is 18.8 Å². The Bertz CT molecular complexity index is 1120. The molecule has 0 aromatic carbocycles. The molecule has 1 amide bonds. The van der Waals surface area contributed by atoms with Crippen LogP contribution in [0.25, 0.3) is 0 Å². The van der Waals surface area contributed by atoms with Crippen LogP contribution in [0.2, 0.25) is 0 Å². The van der Waals surface area contributed by atoms with E-state index in [-0.39, 0.29) is 12.5 Å². The highest BCUT2D eigenvalue weighted by atomic mass is 16.3. The molecule has 3 N–H and O–H groups in total. The zero-order valence-electron chi connectivity index (χ0n) is 43.5. The smallest absolute Gasteiger partial charge is 0.220 e. The molecule has 4 nitrogen and oxygen atoms in total. The molecule has 0 saturated carbocycles. The number of unbranched alkanes of at least 4 members (excludes halogenated alkanes) is 33. The largest absolute Gasteiger partial charge is 0.394 e. The van der Waals surface area contributed by atoms with Crippen LogP contribution < -0.4 is 5.32 Å². The third-order valence-electron chi connectivity index (χ3n) is 13.0. The van der Waals surface area contributed by atoms with Gasteiger partial charge in [0.25, 0.3) is 0 Å². The summed E-state index contributed by atoms with van der Waals surface area (Å²) in [5, 5.41) is 23.4. The van der Waals surface area contributed by atoms with Crippen molar-refractivity contribution in [3.8, 4) is 0 Å². The maximum absolute atomic E-state index is 12.5. The summed E-state index contributed by atoms with van der Waals surface area (Å²) in [6.07, 6.45) is 80.3. The minimum atomic E-state index is -0.672. The highest BCUT2D eigenvalue weighted by molar-refractivity contribution is 5.76. The van der Waals surface area contributed by atoms with Crippen LogP contribution in [0.4, 0.5) is 0 Å². The Morgan fingerprint density at radius 3 is 1.02 bits per heavy atom. The number of hydrogen-bond donors (Lipinski definition) is 3. The van der Waals surface area contributed by atoms with E-state index in [1.54, 1.807) is 0 Å². The average Bonchev–Trinajstić information content (AvgIpc) is 3.31. The van der Waals surface area contributed by atoms with Crippen molar-refractivity contribution in [1.82, 2.24) is 5.32 Å². The molecule has 0 saturated heterocycles.